The summed E-state index contributed by atoms with van der Waals surface area (Å²) < 4.78 is 0. The van der Waals surface area contributed by atoms with E-state index in [4.69, 9.17) is 0 Å². The molecule has 202 valence electrons. The van der Waals surface area contributed by atoms with E-state index in [2.05, 4.69) is 71.9 Å². The van der Waals surface area contributed by atoms with Crippen molar-refractivity contribution in [3.8, 4) is 0 Å². The van der Waals surface area contributed by atoms with Crippen molar-refractivity contribution in [3.05, 3.63) is 41.5 Å². The maximum absolute atomic E-state index is 2.74. The van der Waals surface area contributed by atoms with Crippen LogP contribution in [0.15, 0.2) is 30.3 Å². The molecular formula is C36H58. The molecular weight excluding hydrogens is 432 g/mol. The molecule has 0 radical (unpaired) electrons. The molecule has 0 bridgehead atoms. The van der Waals surface area contributed by atoms with Gasteiger partial charge in [-0.3, -0.25) is 0 Å². The van der Waals surface area contributed by atoms with E-state index in [1.165, 1.54) is 75.3 Å². The molecule has 1 aromatic carbocycles. The van der Waals surface area contributed by atoms with Gasteiger partial charge in [-0.05, 0) is 147 Å². The van der Waals surface area contributed by atoms with Crippen LogP contribution in [0.1, 0.15) is 131 Å². The Hall–Kier alpha value is -1.04. The number of rotatable bonds is 6. The second-order valence-electron chi connectivity index (χ2n) is 14.5. The Morgan fingerprint density at radius 2 is 1.64 bits per heavy atom. The van der Waals surface area contributed by atoms with Crippen molar-refractivity contribution in [1.82, 2.24) is 0 Å². The van der Waals surface area contributed by atoms with Crippen molar-refractivity contribution >= 4 is 5.57 Å². The monoisotopic (exact) mass is 490 g/mol. The van der Waals surface area contributed by atoms with Gasteiger partial charge >= 0.3 is 0 Å². The van der Waals surface area contributed by atoms with Gasteiger partial charge < -0.3 is 0 Å². The highest BCUT2D eigenvalue weighted by Crippen LogP contribution is 2.66. The fourth-order valence-corrected chi connectivity index (χ4v) is 10.3. The van der Waals surface area contributed by atoms with Crippen LogP contribution in [0.3, 0.4) is 0 Å². The van der Waals surface area contributed by atoms with Crippen molar-refractivity contribution < 1.29 is 0 Å². The lowest BCUT2D eigenvalue weighted by molar-refractivity contribution is -0.0805. The first-order valence-electron chi connectivity index (χ1n) is 15.5. The van der Waals surface area contributed by atoms with E-state index in [-0.39, 0.29) is 7.43 Å². The van der Waals surface area contributed by atoms with Crippen LogP contribution in [0.2, 0.25) is 0 Å². The zero-order chi connectivity index (χ0) is 24.8. The molecule has 4 aliphatic rings. The molecule has 0 heterocycles. The van der Waals surface area contributed by atoms with Gasteiger partial charge in [-0.25, -0.2) is 0 Å². The lowest BCUT2D eigenvalue weighted by Gasteiger charge is -2.57. The van der Waals surface area contributed by atoms with E-state index < -0.39 is 0 Å². The molecule has 0 heteroatoms. The predicted octanol–water partition coefficient (Wildman–Crippen LogP) is 11.0. The molecule has 0 aliphatic heterocycles. The van der Waals surface area contributed by atoms with Crippen LogP contribution in [-0.4, -0.2) is 0 Å². The van der Waals surface area contributed by atoms with Crippen LogP contribution in [-0.2, 0) is 6.42 Å². The van der Waals surface area contributed by atoms with Gasteiger partial charge in [0.1, 0.15) is 0 Å². The first-order valence-corrected chi connectivity index (χ1v) is 15.5. The van der Waals surface area contributed by atoms with E-state index in [9.17, 15) is 0 Å². The van der Waals surface area contributed by atoms with Crippen LogP contribution in [0.25, 0.3) is 5.57 Å². The Labute approximate surface area is 225 Å². The summed E-state index contributed by atoms with van der Waals surface area (Å²) in [7, 11) is 0. The summed E-state index contributed by atoms with van der Waals surface area (Å²) >= 11 is 0. The minimum absolute atomic E-state index is 0. The van der Waals surface area contributed by atoms with Gasteiger partial charge in [0, 0.05) is 0 Å². The number of hydrogen-bond acceptors (Lipinski definition) is 0. The summed E-state index contributed by atoms with van der Waals surface area (Å²) in [6, 6.07) is 9.51. The second kappa shape index (κ2) is 11.0. The summed E-state index contributed by atoms with van der Waals surface area (Å²) in [5.74, 6) is 6.91. The Kier molecular flexibility index (Phi) is 8.54. The topological polar surface area (TPSA) is 0 Å². The van der Waals surface area contributed by atoms with E-state index in [0.717, 1.165) is 41.4 Å². The van der Waals surface area contributed by atoms with Crippen molar-refractivity contribution in [3.63, 3.8) is 0 Å². The largest absolute Gasteiger partial charge is 0.0838 e. The first-order chi connectivity index (χ1) is 16.8. The van der Waals surface area contributed by atoms with Gasteiger partial charge in [0.2, 0.25) is 0 Å². The number of hydrogen-bond donors (Lipinski definition) is 0. The van der Waals surface area contributed by atoms with Gasteiger partial charge in [-0.2, -0.15) is 0 Å². The number of allylic oxidation sites excluding steroid dienone is 2. The first kappa shape index (κ1) is 28.0. The maximum atomic E-state index is 2.74. The average Bonchev–Trinajstić information content (AvgIpc) is 3.19. The molecule has 8 atom stereocenters. The Bertz CT molecular complexity index is 887. The van der Waals surface area contributed by atoms with Gasteiger partial charge in [0.15, 0.2) is 0 Å². The molecule has 4 fully saturated rings. The molecule has 1 aromatic rings. The normalized spacial score (nSPS) is 38.3. The quantitative estimate of drug-likeness (QED) is 0.372. The highest BCUT2D eigenvalue weighted by molar-refractivity contribution is 5.65. The Balaban J connectivity index is 0.00000304. The summed E-state index contributed by atoms with van der Waals surface area (Å²) in [6.07, 6.45) is 19.8. The average molecular weight is 491 g/mol. The fraction of sp³-hybridized carbons (Fsp3) is 0.778. The van der Waals surface area contributed by atoms with Crippen LogP contribution >= 0.6 is 0 Å². The van der Waals surface area contributed by atoms with Crippen molar-refractivity contribution in [1.29, 1.82) is 0 Å². The highest BCUT2D eigenvalue weighted by Gasteiger charge is 2.57. The van der Waals surface area contributed by atoms with E-state index >= 15 is 0 Å². The van der Waals surface area contributed by atoms with E-state index in [1.54, 1.807) is 18.4 Å². The number of fused-ring (bicyclic) bond motifs is 5. The van der Waals surface area contributed by atoms with Gasteiger partial charge in [0.25, 0.3) is 0 Å². The van der Waals surface area contributed by atoms with Crippen molar-refractivity contribution in [2.24, 2.45) is 52.3 Å². The summed E-state index contributed by atoms with van der Waals surface area (Å²) in [5, 5.41) is 0. The minimum Gasteiger partial charge on any atom is -0.0838 e. The molecule has 3 unspecified atom stereocenters. The number of aryl methyl sites for hydroxylation is 1. The molecule has 0 aromatic heterocycles. The van der Waals surface area contributed by atoms with Crippen LogP contribution in [0.5, 0.6) is 0 Å². The van der Waals surface area contributed by atoms with Gasteiger partial charge in [-0.15, -0.1) is 0 Å². The molecule has 0 amide bonds. The van der Waals surface area contributed by atoms with Crippen LogP contribution < -0.4 is 0 Å². The summed E-state index contributed by atoms with van der Waals surface area (Å²) in [5.41, 5.74) is 5.71. The molecule has 0 spiro atoms. The maximum Gasteiger partial charge on any atom is -0.0228 e. The molecule has 36 heavy (non-hydrogen) atoms. The smallest absolute Gasteiger partial charge is 0.0228 e. The lowest BCUT2D eigenvalue weighted by atomic mass is 9.48. The molecule has 0 saturated heterocycles. The van der Waals surface area contributed by atoms with Crippen molar-refractivity contribution in [2.75, 3.05) is 0 Å². The standard InChI is InChI=1S/C35H54.CH4/c1-7-9-25-10-12-27(13-11-25)26(8-2)22-24(3)32-16-17-33-31-15-14-28-23-34(4,5)20-18-29(28)30(31)19-21-35(32,33)6;/h8,10-13,24,28-33H,7,9,14-23H2,1-6H3;1H4/t24-,28?,29+,30-,31-,32?,33+,35?;/m1./s1. The molecule has 4 saturated carbocycles. The molecule has 4 aliphatic carbocycles. The lowest BCUT2D eigenvalue weighted by Crippen LogP contribution is -2.49. The van der Waals surface area contributed by atoms with Crippen LogP contribution in [0.4, 0.5) is 0 Å². The summed E-state index contributed by atoms with van der Waals surface area (Å²) in [4.78, 5) is 0. The Morgan fingerprint density at radius 1 is 0.917 bits per heavy atom. The third-order valence-corrected chi connectivity index (χ3v) is 12.0. The summed E-state index contributed by atoms with van der Waals surface area (Å²) in [6.45, 7) is 14.9. The number of benzene rings is 1. The SMILES string of the molecule is C.CC=C(C[C@@H](C)C1CC[C@H]2[C@@H]3CCC4CC(C)(C)CC[C@@H]4[C@H]3CCC12C)c1ccc(CCC)cc1. The fourth-order valence-electron chi connectivity index (χ4n) is 10.3. The van der Waals surface area contributed by atoms with Crippen molar-refractivity contribution in [2.45, 2.75) is 126 Å². The Morgan fingerprint density at radius 3 is 2.33 bits per heavy atom. The van der Waals surface area contributed by atoms with Crippen LogP contribution in [0, 0.1) is 52.3 Å². The highest BCUT2D eigenvalue weighted by atomic mass is 14.6. The molecule has 0 N–H and O–H groups in total. The molecule has 5 rings (SSSR count). The van der Waals surface area contributed by atoms with Gasteiger partial charge in [0.05, 0.1) is 0 Å². The van der Waals surface area contributed by atoms with E-state index in [0.29, 0.717) is 10.8 Å². The second-order valence-corrected chi connectivity index (χ2v) is 14.5. The zero-order valence-electron chi connectivity index (χ0n) is 23.9. The third-order valence-electron chi connectivity index (χ3n) is 12.0. The molecule has 0 nitrogen and oxygen atoms in total. The van der Waals surface area contributed by atoms with E-state index in [1.807, 2.05) is 0 Å². The third kappa shape index (κ3) is 5.14. The zero-order valence-corrected chi connectivity index (χ0v) is 23.9. The minimum atomic E-state index is 0. The predicted molar refractivity (Wildman–Crippen MR) is 159 cm³/mol. The van der Waals surface area contributed by atoms with Gasteiger partial charge in [-0.1, -0.05) is 78.8 Å².